The summed E-state index contributed by atoms with van der Waals surface area (Å²) in [6.45, 7) is 5.28. The van der Waals surface area contributed by atoms with Crippen LogP contribution in [0.4, 0.5) is 0 Å². The van der Waals surface area contributed by atoms with E-state index in [1.54, 1.807) is 20.8 Å². The zero-order valence-electron chi connectivity index (χ0n) is 6.38. The maximum atomic E-state index is 10.9. The first-order chi connectivity index (χ1) is 4.48. The minimum atomic E-state index is -1.05. The standard InChI is InChI=1S/C6H11AsO3/c1-6(2,3)5(8)10-4-7-9/h4H2,1-3H3. The molecule has 0 N–H and O–H groups in total. The van der Waals surface area contributed by atoms with Crippen LogP contribution in [0.25, 0.3) is 0 Å². The summed E-state index contributed by atoms with van der Waals surface area (Å²) >= 11 is -1.05. The van der Waals surface area contributed by atoms with Crippen LogP contribution in [0.3, 0.4) is 0 Å². The van der Waals surface area contributed by atoms with Crippen molar-refractivity contribution in [1.29, 1.82) is 0 Å². The van der Waals surface area contributed by atoms with Gasteiger partial charge in [0.05, 0.1) is 0 Å². The fraction of sp³-hybridized carbons (Fsp3) is 0.833. The Kier molecular flexibility index (Phi) is 3.80. The van der Waals surface area contributed by atoms with Crippen molar-refractivity contribution < 1.29 is 13.3 Å². The van der Waals surface area contributed by atoms with Crippen molar-refractivity contribution in [1.82, 2.24) is 0 Å². The average molecular weight is 206 g/mol. The number of esters is 1. The van der Waals surface area contributed by atoms with Gasteiger partial charge in [-0.1, -0.05) is 0 Å². The van der Waals surface area contributed by atoms with E-state index in [1.165, 1.54) is 0 Å². The Morgan fingerprint density at radius 2 is 2.00 bits per heavy atom. The summed E-state index contributed by atoms with van der Waals surface area (Å²) < 4.78 is 14.6. The van der Waals surface area contributed by atoms with Crippen molar-refractivity contribution in [2.45, 2.75) is 20.8 Å². The van der Waals surface area contributed by atoms with Crippen molar-refractivity contribution in [3.63, 3.8) is 0 Å². The van der Waals surface area contributed by atoms with Crippen molar-refractivity contribution in [2.24, 2.45) is 5.41 Å². The van der Waals surface area contributed by atoms with Gasteiger partial charge < -0.3 is 0 Å². The summed E-state index contributed by atoms with van der Waals surface area (Å²) in [6.07, 6.45) is 0. The molecule has 0 amide bonds. The summed E-state index contributed by atoms with van der Waals surface area (Å²) in [7, 11) is 0. The van der Waals surface area contributed by atoms with Crippen LogP contribution in [-0.4, -0.2) is 27.1 Å². The van der Waals surface area contributed by atoms with E-state index in [0.717, 1.165) is 0 Å². The van der Waals surface area contributed by atoms with Crippen LogP contribution in [0.1, 0.15) is 20.8 Å². The SMILES string of the molecule is CC(C)(C)C(=O)OC[As]=O. The molecule has 0 aromatic rings. The molecular formula is C6H11AsO3. The third-order valence-corrected chi connectivity index (χ3v) is 1.35. The van der Waals surface area contributed by atoms with Crippen LogP contribution < -0.4 is 0 Å². The molecule has 0 radical (unpaired) electrons. The van der Waals surface area contributed by atoms with Crippen molar-refractivity contribution >= 4 is 21.7 Å². The maximum absolute atomic E-state index is 10.9. The van der Waals surface area contributed by atoms with Crippen LogP contribution in [0.5, 0.6) is 0 Å². The van der Waals surface area contributed by atoms with E-state index in [9.17, 15) is 8.53 Å². The molecule has 4 heteroatoms. The molecule has 0 spiro atoms. The fourth-order valence-electron chi connectivity index (χ4n) is 0.301. The molecule has 0 saturated heterocycles. The van der Waals surface area contributed by atoms with Gasteiger partial charge in [-0.15, -0.1) is 0 Å². The van der Waals surface area contributed by atoms with E-state index in [2.05, 4.69) is 4.74 Å². The summed E-state index contributed by atoms with van der Waals surface area (Å²) in [5, 5.41) is 0.0760. The van der Waals surface area contributed by atoms with E-state index in [0.29, 0.717) is 0 Å². The van der Waals surface area contributed by atoms with Gasteiger partial charge in [-0.2, -0.15) is 0 Å². The van der Waals surface area contributed by atoms with Crippen molar-refractivity contribution in [3.05, 3.63) is 0 Å². The average Bonchev–Trinajstić information content (AvgIpc) is 1.80. The fourth-order valence-corrected chi connectivity index (χ4v) is 0.658. The zero-order chi connectivity index (χ0) is 8.20. The van der Waals surface area contributed by atoms with Crippen LogP contribution in [0, 0.1) is 5.41 Å². The second-order valence-corrected chi connectivity index (χ2v) is 4.02. The van der Waals surface area contributed by atoms with Crippen molar-refractivity contribution in [2.75, 3.05) is 5.39 Å². The predicted octanol–water partition coefficient (Wildman–Crippen LogP) is 0.583. The third-order valence-electron chi connectivity index (χ3n) is 0.861. The Morgan fingerprint density at radius 1 is 1.50 bits per heavy atom. The van der Waals surface area contributed by atoms with E-state index < -0.39 is 21.1 Å². The van der Waals surface area contributed by atoms with Gasteiger partial charge in [-0.3, -0.25) is 0 Å². The quantitative estimate of drug-likeness (QED) is 0.490. The Bertz CT molecular complexity index is 136. The molecule has 0 heterocycles. The molecule has 0 rings (SSSR count). The van der Waals surface area contributed by atoms with E-state index >= 15 is 0 Å². The van der Waals surface area contributed by atoms with Crippen LogP contribution in [0.15, 0.2) is 0 Å². The van der Waals surface area contributed by atoms with Gasteiger partial charge in [0.25, 0.3) is 0 Å². The Hall–Kier alpha value is -0.172. The first-order valence-electron chi connectivity index (χ1n) is 2.95. The van der Waals surface area contributed by atoms with Gasteiger partial charge in [-0.25, -0.2) is 0 Å². The number of hydrogen-bond donors (Lipinski definition) is 0. The molecule has 0 aromatic heterocycles. The topological polar surface area (TPSA) is 43.4 Å². The van der Waals surface area contributed by atoms with Crippen LogP contribution >= 0.6 is 0 Å². The molecule has 0 aliphatic heterocycles. The number of ether oxygens (including phenoxy) is 1. The molecule has 10 heavy (non-hydrogen) atoms. The first kappa shape index (κ1) is 9.83. The Balaban J connectivity index is 3.74. The van der Waals surface area contributed by atoms with Gasteiger partial charge in [-0.05, 0) is 0 Å². The molecule has 58 valence electrons. The third kappa shape index (κ3) is 3.78. The van der Waals surface area contributed by atoms with Gasteiger partial charge in [0.2, 0.25) is 0 Å². The first-order valence-corrected chi connectivity index (χ1v) is 5.04. The van der Waals surface area contributed by atoms with Crippen LogP contribution in [-0.2, 0) is 13.3 Å². The van der Waals surface area contributed by atoms with Gasteiger partial charge >= 0.3 is 66.5 Å². The normalized spacial score (nSPS) is 11.5. The van der Waals surface area contributed by atoms with E-state index in [4.69, 9.17) is 0 Å². The molecule has 0 aromatic carbocycles. The van der Waals surface area contributed by atoms with Gasteiger partial charge in [0.1, 0.15) is 0 Å². The molecular weight excluding hydrogens is 195 g/mol. The van der Waals surface area contributed by atoms with E-state index in [1.807, 2.05) is 0 Å². The molecule has 0 bridgehead atoms. The number of carbonyl (C=O) groups excluding carboxylic acids is 1. The Morgan fingerprint density at radius 3 is 2.30 bits per heavy atom. The van der Waals surface area contributed by atoms with Gasteiger partial charge in [0.15, 0.2) is 0 Å². The second kappa shape index (κ2) is 3.87. The number of hydrogen-bond acceptors (Lipinski definition) is 3. The number of carbonyl (C=O) groups is 1. The molecule has 0 unspecified atom stereocenters. The summed E-state index contributed by atoms with van der Waals surface area (Å²) in [5.74, 6) is -0.293. The zero-order valence-corrected chi connectivity index (χ0v) is 8.26. The molecule has 0 aliphatic carbocycles. The summed E-state index contributed by atoms with van der Waals surface area (Å²) in [5.41, 5.74) is -0.476. The van der Waals surface area contributed by atoms with Crippen LogP contribution in [0.2, 0.25) is 0 Å². The monoisotopic (exact) mass is 206 g/mol. The Labute approximate surface area is 67.0 Å². The van der Waals surface area contributed by atoms with Gasteiger partial charge in [0, 0.05) is 0 Å². The molecule has 0 fully saturated rings. The minimum absolute atomic E-state index is 0.0760. The second-order valence-electron chi connectivity index (χ2n) is 2.94. The predicted molar refractivity (Wildman–Crippen MR) is 36.9 cm³/mol. The molecule has 0 saturated carbocycles. The van der Waals surface area contributed by atoms with Crippen molar-refractivity contribution in [3.8, 4) is 0 Å². The van der Waals surface area contributed by atoms with E-state index in [-0.39, 0.29) is 11.4 Å². The summed E-state index contributed by atoms with van der Waals surface area (Å²) in [6, 6.07) is 0. The molecule has 0 atom stereocenters. The summed E-state index contributed by atoms with van der Waals surface area (Å²) in [4.78, 5) is 10.9. The molecule has 3 nitrogen and oxygen atoms in total. The molecule has 0 aliphatic rings. The number of rotatable bonds is 2.